The fourth-order valence-electron chi connectivity index (χ4n) is 2.43. The van der Waals surface area contributed by atoms with Crippen LogP contribution in [0.15, 0.2) is 21.6 Å². The first kappa shape index (κ1) is 15.5. The summed E-state index contributed by atoms with van der Waals surface area (Å²) in [5, 5.41) is 9.19. The van der Waals surface area contributed by atoms with Crippen LogP contribution in [-0.2, 0) is 16.6 Å². The minimum atomic E-state index is -3.50. The number of rotatable bonds is 5. The third-order valence-corrected chi connectivity index (χ3v) is 5.30. The molecule has 1 aliphatic heterocycles. The van der Waals surface area contributed by atoms with Gasteiger partial charge in [0, 0.05) is 27.2 Å². The van der Waals surface area contributed by atoms with Gasteiger partial charge in [-0.3, -0.25) is 4.90 Å². The van der Waals surface area contributed by atoms with Gasteiger partial charge in [-0.15, -0.1) is 0 Å². The van der Waals surface area contributed by atoms with Gasteiger partial charge in [0.2, 0.25) is 5.09 Å². The van der Waals surface area contributed by atoms with Crippen LogP contribution in [0.1, 0.15) is 18.6 Å². The summed E-state index contributed by atoms with van der Waals surface area (Å²) in [6.45, 7) is 2.56. The van der Waals surface area contributed by atoms with E-state index in [2.05, 4.69) is 4.90 Å². The van der Waals surface area contributed by atoms with Crippen molar-refractivity contribution in [2.45, 2.75) is 24.5 Å². The van der Waals surface area contributed by atoms with E-state index in [0.29, 0.717) is 18.2 Å². The first-order valence-corrected chi connectivity index (χ1v) is 8.22. The van der Waals surface area contributed by atoms with Gasteiger partial charge in [0.1, 0.15) is 5.76 Å². The Morgan fingerprint density at radius 3 is 2.85 bits per heavy atom. The van der Waals surface area contributed by atoms with Crippen LogP contribution in [-0.4, -0.2) is 56.5 Å². The van der Waals surface area contributed by atoms with Gasteiger partial charge in [-0.25, -0.2) is 12.7 Å². The molecule has 20 heavy (non-hydrogen) atoms. The third kappa shape index (κ3) is 3.41. The van der Waals surface area contributed by atoms with Crippen LogP contribution < -0.4 is 0 Å². The first-order valence-electron chi connectivity index (χ1n) is 6.78. The second-order valence-corrected chi connectivity index (χ2v) is 7.52. The maximum atomic E-state index is 11.9. The number of hydrogen-bond acceptors (Lipinski definition) is 5. The molecule has 7 heteroatoms. The molecule has 1 saturated heterocycles. The normalized spacial score (nSPS) is 21.5. The van der Waals surface area contributed by atoms with E-state index in [9.17, 15) is 13.5 Å². The molecule has 2 rings (SSSR count). The van der Waals surface area contributed by atoms with Gasteiger partial charge in [-0.05, 0) is 37.4 Å². The van der Waals surface area contributed by atoms with Gasteiger partial charge in [-0.1, -0.05) is 0 Å². The molecule has 1 aromatic rings. The SMILES string of the molecule is CN(C)S(=O)(=O)c1ccc(CN2CCCC(CO)C2)o1. The van der Waals surface area contributed by atoms with E-state index < -0.39 is 10.0 Å². The molecular formula is C13H22N2O4S. The molecule has 1 atom stereocenters. The van der Waals surface area contributed by atoms with Crippen molar-refractivity contribution in [2.24, 2.45) is 5.92 Å². The largest absolute Gasteiger partial charge is 0.447 e. The number of nitrogens with zero attached hydrogens (tertiary/aromatic N) is 2. The first-order chi connectivity index (χ1) is 9.43. The van der Waals surface area contributed by atoms with Crippen molar-refractivity contribution in [2.75, 3.05) is 33.8 Å². The molecule has 0 bridgehead atoms. The molecule has 1 unspecified atom stereocenters. The fourth-order valence-corrected chi connectivity index (χ4v) is 3.24. The number of likely N-dealkylation sites (tertiary alicyclic amines) is 1. The molecule has 114 valence electrons. The van der Waals surface area contributed by atoms with Crippen LogP contribution in [0.4, 0.5) is 0 Å². The highest BCUT2D eigenvalue weighted by Crippen LogP contribution is 2.21. The molecule has 1 aliphatic rings. The highest BCUT2D eigenvalue weighted by molar-refractivity contribution is 7.88. The lowest BCUT2D eigenvalue weighted by Crippen LogP contribution is -2.36. The summed E-state index contributed by atoms with van der Waals surface area (Å²) < 4.78 is 30.4. The molecule has 2 heterocycles. The van der Waals surface area contributed by atoms with Gasteiger partial charge in [0.25, 0.3) is 10.0 Å². The summed E-state index contributed by atoms with van der Waals surface area (Å²) in [6, 6.07) is 3.21. The lowest BCUT2D eigenvalue weighted by Gasteiger charge is -2.30. The second kappa shape index (κ2) is 6.26. The number of hydrogen-bond donors (Lipinski definition) is 1. The van der Waals surface area contributed by atoms with Crippen LogP contribution in [0.5, 0.6) is 0 Å². The highest BCUT2D eigenvalue weighted by atomic mass is 32.2. The summed E-state index contributed by atoms with van der Waals surface area (Å²) in [5.41, 5.74) is 0. The molecule has 0 amide bonds. The quantitative estimate of drug-likeness (QED) is 0.868. The Balaban J connectivity index is 2.03. The van der Waals surface area contributed by atoms with E-state index in [1.54, 1.807) is 6.07 Å². The monoisotopic (exact) mass is 302 g/mol. The van der Waals surface area contributed by atoms with Crippen LogP contribution >= 0.6 is 0 Å². The molecule has 0 radical (unpaired) electrons. The number of sulfonamides is 1. The number of aliphatic hydroxyl groups is 1. The Bertz CT molecular complexity index is 538. The minimum absolute atomic E-state index is 0.0202. The van der Waals surface area contributed by atoms with E-state index in [1.165, 1.54) is 20.2 Å². The number of piperidine rings is 1. The molecule has 0 saturated carbocycles. The summed E-state index contributed by atoms with van der Waals surface area (Å²) in [5.74, 6) is 0.952. The van der Waals surface area contributed by atoms with Gasteiger partial charge in [-0.2, -0.15) is 0 Å². The second-order valence-electron chi connectivity index (χ2n) is 5.43. The smallest absolute Gasteiger partial charge is 0.275 e. The summed E-state index contributed by atoms with van der Waals surface area (Å²) in [7, 11) is -0.544. The Kier molecular flexibility index (Phi) is 4.85. The van der Waals surface area contributed by atoms with Crippen LogP contribution in [0.3, 0.4) is 0 Å². The molecule has 1 aromatic heterocycles. The highest BCUT2D eigenvalue weighted by Gasteiger charge is 2.23. The summed E-state index contributed by atoms with van der Waals surface area (Å²) in [4.78, 5) is 2.19. The Labute approximate surface area is 120 Å². The molecule has 0 aromatic carbocycles. The minimum Gasteiger partial charge on any atom is -0.447 e. The van der Waals surface area contributed by atoms with Crippen molar-refractivity contribution in [1.29, 1.82) is 0 Å². The van der Waals surface area contributed by atoms with Crippen molar-refractivity contribution < 1.29 is 17.9 Å². The molecule has 0 spiro atoms. The van der Waals surface area contributed by atoms with Gasteiger partial charge >= 0.3 is 0 Å². The molecule has 1 fully saturated rings. The van der Waals surface area contributed by atoms with Gasteiger partial charge in [0.15, 0.2) is 0 Å². The summed E-state index contributed by atoms with van der Waals surface area (Å²) >= 11 is 0. The average Bonchev–Trinajstić information content (AvgIpc) is 2.88. The lowest BCUT2D eigenvalue weighted by atomic mass is 9.99. The summed E-state index contributed by atoms with van der Waals surface area (Å²) in [6.07, 6.45) is 2.10. The lowest BCUT2D eigenvalue weighted by molar-refractivity contribution is 0.109. The Morgan fingerprint density at radius 2 is 2.20 bits per heavy atom. The van der Waals surface area contributed by atoms with E-state index in [-0.39, 0.29) is 11.7 Å². The van der Waals surface area contributed by atoms with Crippen molar-refractivity contribution in [3.05, 3.63) is 17.9 Å². The van der Waals surface area contributed by atoms with Crippen LogP contribution in [0.25, 0.3) is 0 Å². The van der Waals surface area contributed by atoms with Crippen molar-refractivity contribution in [3.8, 4) is 0 Å². The van der Waals surface area contributed by atoms with E-state index in [1.807, 2.05) is 0 Å². The van der Waals surface area contributed by atoms with E-state index in [0.717, 1.165) is 30.2 Å². The van der Waals surface area contributed by atoms with E-state index in [4.69, 9.17) is 4.42 Å². The van der Waals surface area contributed by atoms with Gasteiger partial charge in [0.05, 0.1) is 6.54 Å². The molecule has 0 aliphatic carbocycles. The Morgan fingerprint density at radius 1 is 1.45 bits per heavy atom. The fraction of sp³-hybridized carbons (Fsp3) is 0.692. The van der Waals surface area contributed by atoms with Gasteiger partial charge < -0.3 is 9.52 Å². The van der Waals surface area contributed by atoms with Crippen molar-refractivity contribution in [1.82, 2.24) is 9.21 Å². The van der Waals surface area contributed by atoms with Crippen molar-refractivity contribution >= 4 is 10.0 Å². The predicted molar refractivity (Wildman–Crippen MR) is 74.7 cm³/mol. The zero-order valence-electron chi connectivity index (χ0n) is 11.9. The molecular weight excluding hydrogens is 280 g/mol. The molecule has 6 nitrogen and oxygen atoms in total. The third-order valence-electron chi connectivity index (χ3n) is 3.61. The predicted octanol–water partition coefficient (Wildman–Crippen LogP) is 0.734. The van der Waals surface area contributed by atoms with E-state index >= 15 is 0 Å². The standard InChI is InChI=1S/C13H22N2O4S/c1-14(2)20(17,18)13-6-5-12(19-13)9-15-7-3-4-11(8-15)10-16/h5-6,11,16H,3-4,7-10H2,1-2H3. The van der Waals surface area contributed by atoms with Crippen LogP contribution in [0.2, 0.25) is 0 Å². The molecule has 1 N–H and O–H groups in total. The zero-order valence-corrected chi connectivity index (χ0v) is 12.8. The maximum Gasteiger partial charge on any atom is 0.275 e. The zero-order chi connectivity index (χ0) is 14.8. The number of furan rings is 1. The van der Waals surface area contributed by atoms with Crippen molar-refractivity contribution in [3.63, 3.8) is 0 Å². The average molecular weight is 302 g/mol. The van der Waals surface area contributed by atoms with Crippen LogP contribution in [0, 0.1) is 5.92 Å². The maximum absolute atomic E-state index is 11.9. The Hall–Kier alpha value is -0.890. The number of aliphatic hydroxyl groups excluding tert-OH is 1. The topological polar surface area (TPSA) is 74.0 Å².